The maximum atomic E-state index is 6.14. The second-order valence-corrected chi connectivity index (χ2v) is 6.35. The zero-order valence-corrected chi connectivity index (χ0v) is 17.0. The molecular weight excluding hydrogens is 411 g/mol. The number of hydrogen-bond donors (Lipinski definition) is 3. The molecule has 22 heavy (non-hydrogen) atoms. The second-order valence-electron chi connectivity index (χ2n) is 5.94. The van der Waals surface area contributed by atoms with E-state index < -0.39 is 0 Å². The third kappa shape index (κ3) is 9.48. The summed E-state index contributed by atoms with van der Waals surface area (Å²) in [5, 5.41) is 10.8. The van der Waals surface area contributed by atoms with E-state index in [1.165, 1.54) is 0 Å². The summed E-state index contributed by atoms with van der Waals surface area (Å²) in [5.41, 5.74) is 1.29. The van der Waals surface area contributed by atoms with Crippen LogP contribution in [0.15, 0.2) is 29.3 Å². The molecule has 0 aromatic heterocycles. The van der Waals surface area contributed by atoms with E-state index in [9.17, 15) is 0 Å². The van der Waals surface area contributed by atoms with Crippen molar-refractivity contribution in [2.75, 3.05) is 26.7 Å². The van der Waals surface area contributed by atoms with E-state index in [0.29, 0.717) is 0 Å². The average Bonchev–Trinajstić information content (AvgIpc) is 2.42. The zero-order chi connectivity index (χ0) is 15.7. The summed E-state index contributed by atoms with van der Waals surface area (Å²) < 4.78 is 0. The van der Waals surface area contributed by atoms with Crippen LogP contribution in [0.2, 0.25) is 5.02 Å². The summed E-state index contributed by atoms with van der Waals surface area (Å²) in [7, 11) is 1.78. The summed E-state index contributed by atoms with van der Waals surface area (Å²) in [5.74, 6) is 0.817. The third-order valence-corrected chi connectivity index (χ3v) is 3.31. The van der Waals surface area contributed by atoms with Crippen LogP contribution in [0.25, 0.3) is 0 Å². The van der Waals surface area contributed by atoms with Gasteiger partial charge in [-0.2, -0.15) is 0 Å². The van der Waals surface area contributed by atoms with E-state index in [2.05, 4.69) is 41.7 Å². The lowest BCUT2D eigenvalue weighted by Crippen LogP contribution is -2.44. The molecule has 0 aliphatic carbocycles. The van der Waals surface area contributed by atoms with Gasteiger partial charge in [-0.3, -0.25) is 4.99 Å². The smallest absolute Gasteiger partial charge is 0.191 e. The molecule has 6 heteroatoms. The van der Waals surface area contributed by atoms with Gasteiger partial charge in [0.15, 0.2) is 5.96 Å². The molecule has 4 nitrogen and oxygen atoms in total. The number of hydrogen-bond acceptors (Lipinski definition) is 2. The highest BCUT2D eigenvalue weighted by atomic mass is 127. The Morgan fingerprint density at radius 1 is 1.09 bits per heavy atom. The van der Waals surface area contributed by atoms with Crippen molar-refractivity contribution >= 4 is 41.5 Å². The Balaban J connectivity index is 0.00000441. The van der Waals surface area contributed by atoms with Crippen LogP contribution in [0.1, 0.15) is 26.3 Å². The fourth-order valence-corrected chi connectivity index (χ4v) is 2.09. The summed E-state index contributed by atoms with van der Waals surface area (Å²) in [6.45, 7) is 9.00. The van der Waals surface area contributed by atoms with Crippen molar-refractivity contribution in [2.45, 2.75) is 32.7 Å². The summed E-state index contributed by atoms with van der Waals surface area (Å²) >= 11 is 6.14. The molecule has 1 rings (SSSR count). The number of guanidine groups is 1. The largest absolute Gasteiger partial charge is 0.356 e. The highest BCUT2D eigenvalue weighted by Gasteiger charge is 2.07. The molecule has 1 aromatic rings. The van der Waals surface area contributed by atoms with E-state index >= 15 is 0 Å². The standard InChI is InChI=1S/C16H27ClN4.HI/c1-16(2,3)21-12-11-20-15(18-4)19-10-9-13-7-5-6-8-14(13)17;/h5-8,21H,9-12H2,1-4H3,(H2,18,19,20);1H. The molecule has 0 spiro atoms. The molecular formula is C16H28ClIN4. The number of nitrogens with one attached hydrogen (secondary N) is 3. The van der Waals surface area contributed by atoms with Crippen LogP contribution < -0.4 is 16.0 Å². The van der Waals surface area contributed by atoms with Crippen molar-refractivity contribution in [2.24, 2.45) is 4.99 Å². The lowest BCUT2D eigenvalue weighted by atomic mass is 10.1. The topological polar surface area (TPSA) is 48.5 Å². The van der Waals surface area contributed by atoms with E-state index in [0.717, 1.165) is 42.6 Å². The van der Waals surface area contributed by atoms with Crippen LogP contribution in [-0.4, -0.2) is 38.2 Å². The normalized spacial score (nSPS) is 11.8. The molecule has 126 valence electrons. The Labute approximate surface area is 156 Å². The molecule has 0 radical (unpaired) electrons. The van der Waals surface area contributed by atoms with E-state index in [4.69, 9.17) is 11.6 Å². The molecule has 3 N–H and O–H groups in total. The number of halogens is 2. The van der Waals surface area contributed by atoms with Gasteiger partial charge in [0, 0.05) is 37.2 Å². The zero-order valence-electron chi connectivity index (χ0n) is 13.9. The fraction of sp³-hybridized carbons (Fsp3) is 0.562. The predicted octanol–water partition coefficient (Wildman–Crippen LogP) is 3.05. The Hall–Kier alpha value is -0.530. The molecule has 1 aromatic carbocycles. The monoisotopic (exact) mass is 438 g/mol. The number of benzene rings is 1. The Morgan fingerprint density at radius 2 is 1.73 bits per heavy atom. The van der Waals surface area contributed by atoms with Crippen molar-refractivity contribution in [3.8, 4) is 0 Å². The number of nitrogens with zero attached hydrogens (tertiary/aromatic N) is 1. The van der Waals surface area contributed by atoms with Crippen LogP contribution in [0.3, 0.4) is 0 Å². The van der Waals surface area contributed by atoms with Crippen molar-refractivity contribution in [1.29, 1.82) is 0 Å². The fourth-order valence-electron chi connectivity index (χ4n) is 1.86. The molecule has 0 saturated carbocycles. The van der Waals surface area contributed by atoms with Gasteiger partial charge in [-0.05, 0) is 38.8 Å². The van der Waals surface area contributed by atoms with Crippen LogP contribution in [0, 0.1) is 0 Å². The average molecular weight is 439 g/mol. The predicted molar refractivity (Wildman–Crippen MR) is 108 cm³/mol. The van der Waals surface area contributed by atoms with Crippen LogP contribution >= 0.6 is 35.6 Å². The minimum Gasteiger partial charge on any atom is -0.356 e. The van der Waals surface area contributed by atoms with Gasteiger partial charge in [-0.25, -0.2) is 0 Å². The maximum Gasteiger partial charge on any atom is 0.191 e. The van der Waals surface area contributed by atoms with Gasteiger partial charge in [0.2, 0.25) is 0 Å². The molecule has 0 heterocycles. The molecule has 0 fully saturated rings. The van der Waals surface area contributed by atoms with Crippen molar-refractivity contribution in [3.05, 3.63) is 34.9 Å². The molecule has 0 aliphatic rings. The lowest BCUT2D eigenvalue weighted by molar-refractivity contribution is 0.428. The summed E-state index contributed by atoms with van der Waals surface area (Å²) in [4.78, 5) is 4.21. The first-order valence-corrected chi connectivity index (χ1v) is 7.73. The summed E-state index contributed by atoms with van der Waals surface area (Å²) in [6.07, 6.45) is 0.876. The Bertz CT molecular complexity index is 458. The van der Waals surface area contributed by atoms with Gasteiger partial charge in [0.05, 0.1) is 0 Å². The van der Waals surface area contributed by atoms with Crippen molar-refractivity contribution in [3.63, 3.8) is 0 Å². The van der Waals surface area contributed by atoms with Crippen LogP contribution in [-0.2, 0) is 6.42 Å². The molecule has 0 aliphatic heterocycles. The molecule has 0 unspecified atom stereocenters. The number of aliphatic imine (C=N–C) groups is 1. The SMILES string of the molecule is CN=C(NCCNC(C)(C)C)NCCc1ccccc1Cl.I. The molecule has 0 atom stereocenters. The van der Waals surface area contributed by atoms with E-state index in [1.54, 1.807) is 7.05 Å². The summed E-state index contributed by atoms with van der Waals surface area (Å²) in [6, 6.07) is 7.92. The van der Waals surface area contributed by atoms with E-state index in [-0.39, 0.29) is 29.5 Å². The minimum atomic E-state index is 0. The van der Waals surface area contributed by atoms with Gasteiger partial charge in [0.25, 0.3) is 0 Å². The third-order valence-electron chi connectivity index (χ3n) is 2.94. The second kappa shape index (κ2) is 11.1. The molecule has 0 saturated heterocycles. The Morgan fingerprint density at radius 3 is 2.32 bits per heavy atom. The first-order valence-electron chi connectivity index (χ1n) is 7.35. The first-order chi connectivity index (χ1) is 9.92. The van der Waals surface area contributed by atoms with Gasteiger partial charge in [-0.1, -0.05) is 29.8 Å². The van der Waals surface area contributed by atoms with Crippen LogP contribution in [0.5, 0.6) is 0 Å². The van der Waals surface area contributed by atoms with Gasteiger partial charge < -0.3 is 16.0 Å². The Kier molecular flexibility index (Phi) is 10.8. The highest BCUT2D eigenvalue weighted by molar-refractivity contribution is 14.0. The quantitative estimate of drug-likeness (QED) is 0.277. The minimum absolute atomic E-state index is 0. The van der Waals surface area contributed by atoms with Gasteiger partial charge in [-0.15, -0.1) is 24.0 Å². The molecule has 0 bridgehead atoms. The number of rotatable bonds is 6. The molecule has 0 amide bonds. The highest BCUT2D eigenvalue weighted by Crippen LogP contribution is 2.14. The van der Waals surface area contributed by atoms with Crippen LogP contribution in [0.4, 0.5) is 0 Å². The van der Waals surface area contributed by atoms with Gasteiger partial charge in [0.1, 0.15) is 0 Å². The van der Waals surface area contributed by atoms with Gasteiger partial charge >= 0.3 is 0 Å². The first kappa shape index (κ1) is 21.5. The van der Waals surface area contributed by atoms with E-state index in [1.807, 2.05) is 24.3 Å². The van der Waals surface area contributed by atoms with Crippen molar-refractivity contribution < 1.29 is 0 Å². The van der Waals surface area contributed by atoms with Crippen molar-refractivity contribution in [1.82, 2.24) is 16.0 Å². The lowest BCUT2D eigenvalue weighted by Gasteiger charge is -2.21. The maximum absolute atomic E-state index is 6.14.